The Morgan fingerprint density at radius 2 is 1.87 bits per heavy atom. The summed E-state index contributed by atoms with van der Waals surface area (Å²) in [4.78, 5) is 30.8. The van der Waals surface area contributed by atoms with Crippen LogP contribution in [0.3, 0.4) is 0 Å². The number of carbonyl (C=O) groups is 2. The predicted octanol–water partition coefficient (Wildman–Crippen LogP) is 4.10. The number of benzene rings is 2. The Hall–Kier alpha value is -3.19. The van der Waals surface area contributed by atoms with E-state index < -0.39 is 0 Å². The molecule has 0 spiro atoms. The molecule has 2 N–H and O–H groups in total. The average Bonchev–Trinajstić information content (AvgIpc) is 3.34. The molecule has 0 saturated carbocycles. The van der Waals surface area contributed by atoms with Gasteiger partial charge in [-0.2, -0.15) is 0 Å². The molecule has 31 heavy (non-hydrogen) atoms. The van der Waals surface area contributed by atoms with Crippen LogP contribution in [-0.4, -0.2) is 30.5 Å². The van der Waals surface area contributed by atoms with Crippen LogP contribution in [0, 0.1) is 6.92 Å². The number of carbonyl (C=O) groups excluding carboxylic acids is 2. The van der Waals surface area contributed by atoms with Crippen molar-refractivity contribution in [3.8, 4) is 5.75 Å². The van der Waals surface area contributed by atoms with Crippen LogP contribution in [0.5, 0.6) is 5.75 Å². The first-order valence-corrected chi connectivity index (χ1v) is 11.1. The molecule has 2 aromatic carbocycles. The van der Waals surface area contributed by atoms with Crippen LogP contribution in [-0.2, 0) is 17.6 Å². The highest BCUT2D eigenvalue weighted by atomic mass is 32.1. The van der Waals surface area contributed by atoms with E-state index in [0.717, 1.165) is 46.7 Å². The number of hydrogen-bond donors (Lipinski definition) is 2. The van der Waals surface area contributed by atoms with E-state index in [1.807, 2.05) is 43.3 Å². The molecule has 6 nitrogen and oxygen atoms in total. The summed E-state index contributed by atoms with van der Waals surface area (Å²) in [5.74, 6) is 0.370. The van der Waals surface area contributed by atoms with Gasteiger partial charge in [0.25, 0.3) is 5.91 Å². The number of anilines is 1. The first-order valence-electron chi connectivity index (χ1n) is 10.3. The number of thiazole rings is 1. The summed E-state index contributed by atoms with van der Waals surface area (Å²) in [5, 5.41) is 6.45. The average molecular weight is 436 g/mol. The zero-order chi connectivity index (χ0) is 21.8. The van der Waals surface area contributed by atoms with E-state index in [4.69, 9.17) is 4.74 Å². The quantitative estimate of drug-likeness (QED) is 0.586. The molecule has 160 valence electrons. The summed E-state index contributed by atoms with van der Waals surface area (Å²) >= 11 is 1.46. The minimum absolute atomic E-state index is 0.00558. The van der Waals surface area contributed by atoms with Crippen molar-refractivity contribution < 1.29 is 14.3 Å². The number of aromatic nitrogens is 1. The molecule has 0 unspecified atom stereocenters. The molecular formula is C24H25N3O3S. The van der Waals surface area contributed by atoms with E-state index in [0.29, 0.717) is 17.2 Å². The van der Waals surface area contributed by atoms with Crippen molar-refractivity contribution in [2.45, 2.75) is 32.1 Å². The van der Waals surface area contributed by atoms with Gasteiger partial charge in [0.15, 0.2) is 5.13 Å². The lowest BCUT2D eigenvalue weighted by molar-refractivity contribution is -0.122. The third kappa shape index (κ3) is 4.94. The number of hydrogen-bond acceptors (Lipinski definition) is 5. The molecule has 0 bridgehead atoms. The van der Waals surface area contributed by atoms with Crippen molar-refractivity contribution in [2.24, 2.45) is 0 Å². The molecule has 0 saturated heterocycles. The SMILES string of the molecule is COc1ccc(CCNC(=O)[C@H]2CCc3sc(NC(=O)c4ccc(C)cc4)nc32)cc1. The zero-order valence-electron chi connectivity index (χ0n) is 17.6. The highest BCUT2D eigenvalue weighted by Gasteiger charge is 2.32. The first-order chi connectivity index (χ1) is 15.0. The molecule has 0 fully saturated rings. The molecule has 1 aliphatic carbocycles. The van der Waals surface area contributed by atoms with Gasteiger partial charge in [-0.1, -0.05) is 29.8 Å². The van der Waals surface area contributed by atoms with Crippen molar-refractivity contribution in [1.82, 2.24) is 10.3 Å². The van der Waals surface area contributed by atoms with Crippen LogP contribution in [0.1, 0.15) is 44.4 Å². The molecule has 0 radical (unpaired) electrons. The third-order valence-electron chi connectivity index (χ3n) is 5.44. The number of methoxy groups -OCH3 is 1. The molecule has 1 aromatic heterocycles. The van der Waals surface area contributed by atoms with Gasteiger partial charge >= 0.3 is 0 Å². The van der Waals surface area contributed by atoms with E-state index in [1.165, 1.54) is 11.3 Å². The highest BCUT2D eigenvalue weighted by molar-refractivity contribution is 7.16. The Morgan fingerprint density at radius 3 is 2.58 bits per heavy atom. The van der Waals surface area contributed by atoms with Crippen molar-refractivity contribution >= 4 is 28.3 Å². The topological polar surface area (TPSA) is 80.3 Å². The van der Waals surface area contributed by atoms with Gasteiger partial charge in [0.2, 0.25) is 5.91 Å². The lowest BCUT2D eigenvalue weighted by Gasteiger charge is -2.11. The molecule has 2 amide bonds. The number of nitrogens with zero attached hydrogens (tertiary/aromatic N) is 1. The second kappa shape index (κ2) is 9.31. The summed E-state index contributed by atoms with van der Waals surface area (Å²) in [6, 6.07) is 15.2. The van der Waals surface area contributed by atoms with Crippen molar-refractivity contribution in [1.29, 1.82) is 0 Å². The summed E-state index contributed by atoms with van der Waals surface area (Å²) in [6.07, 6.45) is 2.32. The van der Waals surface area contributed by atoms with Gasteiger partial charge in [-0.05, 0) is 56.0 Å². The largest absolute Gasteiger partial charge is 0.497 e. The Balaban J connectivity index is 1.33. The minimum Gasteiger partial charge on any atom is -0.497 e. The van der Waals surface area contributed by atoms with Gasteiger partial charge in [-0.3, -0.25) is 14.9 Å². The van der Waals surface area contributed by atoms with Gasteiger partial charge in [-0.25, -0.2) is 4.98 Å². The Bertz CT molecular complexity index is 1070. The summed E-state index contributed by atoms with van der Waals surface area (Å²) in [5.41, 5.74) is 3.63. The molecule has 1 aliphatic rings. The minimum atomic E-state index is -0.257. The molecule has 1 heterocycles. The molecular weight excluding hydrogens is 410 g/mol. The molecule has 1 atom stereocenters. The zero-order valence-corrected chi connectivity index (χ0v) is 18.4. The standard InChI is InChI=1S/C24H25N3O3S/c1-15-3-7-17(8-4-15)22(28)27-24-26-21-19(11-12-20(21)31-24)23(29)25-14-13-16-5-9-18(30-2)10-6-16/h3-10,19H,11-14H2,1-2H3,(H,25,29)(H,26,27,28)/t19-/m0/s1. The van der Waals surface area contributed by atoms with Gasteiger partial charge in [0.05, 0.1) is 18.7 Å². The maximum Gasteiger partial charge on any atom is 0.257 e. The van der Waals surface area contributed by atoms with E-state index in [1.54, 1.807) is 19.2 Å². The summed E-state index contributed by atoms with van der Waals surface area (Å²) in [6.45, 7) is 2.55. The van der Waals surface area contributed by atoms with Crippen molar-refractivity contribution in [3.63, 3.8) is 0 Å². The number of amides is 2. The summed E-state index contributed by atoms with van der Waals surface area (Å²) < 4.78 is 5.17. The van der Waals surface area contributed by atoms with Gasteiger partial charge in [0.1, 0.15) is 5.75 Å². The Kier molecular flexibility index (Phi) is 6.32. The number of fused-ring (bicyclic) bond motifs is 1. The van der Waals surface area contributed by atoms with E-state index in [9.17, 15) is 9.59 Å². The van der Waals surface area contributed by atoms with Crippen LogP contribution in [0.2, 0.25) is 0 Å². The van der Waals surface area contributed by atoms with Crippen LogP contribution in [0.4, 0.5) is 5.13 Å². The Morgan fingerprint density at radius 1 is 1.13 bits per heavy atom. The monoisotopic (exact) mass is 435 g/mol. The second-order valence-corrected chi connectivity index (χ2v) is 8.71. The maximum atomic E-state index is 12.7. The van der Waals surface area contributed by atoms with E-state index in [-0.39, 0.29) is 17.7 Å². The fourth-order valence-electron chi connectivity index (χ4n) is 3.66. The predicted molar refractivity (Wildman–Crippen MR) is 122 cm³/mol. The molecule has 3 aromatic rings. The molecule has 7 heteroatoms. The number of rotatable bonds is 7. The van der Waals surface area contributed by atoms with Gasteiger partial charge < -0.3 is 10.1 Å². The van der Waals surface area contributed by atoms with E-state index >= 15 is 0 Å². The van der Waals surface area contributed by atoms with Gasteiger partial charge in [0, 0.05) is 17.0 Å². The first kappa shape index (κ1) is 21.1. The lowest BCUT2D eigenvalue weighted by atomic mass is 10.1. The smallest absolute Gasteiger partial charge is 0.257 e. The Labute approximate surface area is 185 Å². The van der Waals surface area contributed by atoms with E-state index in [2.05, 4.69) is 15.6 Å². The van der Waals surface area contributed by atoms with Crippen molar-refractivity contribution in [3.05, 3.63) is 75.8 Å². The summed E-state index contributed by atoms with van der Waals surface area (Å²) in [7, 11) is 1.64. The highest BCUT2D eigenvalue weighted by Crippen LogP contribution is 2.38. The number of nitrogens with one attached hydrogen (secondary N) is 2. The molecule has 0 aliphatic heterocycles. The van der Waals surface area contributed by atoms with Crippen molar-refractivity contribution in [2.75, 3.05) is 19.0 Å². The number of aryl methyl sites for hydroxylation is 2. The lowest BCUT2D eigenvalue weighted by Crippen LogP contribution is -2.30. The van der Waals surface area contributed by atoms with Crippen LogP contribution >= 0.6 is 11.3 Å². The molecule has 4 rings (SSSR count). The second-order valence-electron chi connectivity index (χ2n) is 7.63. The maximum absolute atomic E-state index is 12.7. The van der Waals surface area contributed by atoms with Crippen LogP contribution in [0.15, 0.2) is 48.5 Å². The fourth-order valence-corrected chi connectivity index (χ4v) is 4.69. The third-order valence-corrected chi connectivity index (χ3v) is 6.49. The normalized spacial score (nSPS) is 14.7. The van der Waals surface area contributed by atoms with Crippen LogP contribution < -0.4 is 15.4 Å². The van der Waals surface area contributed by atoms with Gasteiger partial charge in [-0.15, -0.1) is 11.3 Å². The van der Waals surface area contributed by atoms with Crippen LogP contribution in [0.25, 0.3) is 0 Å². The number of ether oxygens (including phenoxy) is 1. The fraction of sp³-hybridized carbons (Fsp3) is 0.292.